The van der Waals surface area contributed by atoms with Crippen LogP contribution in [-0.2, 0) is 21.1 Å². The number of rotatable bonds is 8. The molecule has 2 aromatic rings. The lowest BCUT2D eigenvalue weighted by Crippen LogP contribution is -2.61. The van der Waals surface area contributed by atoms with E-state index < -0.39 is 33.4 Å². The van der Waals surface area contributed by atoms with Crippen LogP contribution >= 0.6 is 0 Å². The normalized spacial score (nSPS) is 16.1. The van der Waals surface area contributed by atoms with E-state index in [1.165, 1.54) is 0 Å². The number of amides is 2. The maximum atomic E-state index is 12.9. The maximum absolute atomic E-state index is 12.9. The molecule has 34 heavy (non-hydrogen) atoms. The average Bonchev–Trinajstić information content (AvgIpc) is 2.84. The monoisotopic (exact) mass is 483 g/mol. The van der Waals surface area contributed by atoms with E-state index in [1.807, 2.05) is 24.3 Å². The topological polar surface area (TPSA) is 136 Å². The van der Waals surface area contributed by atoms with Crippen LogP contribution in [0.5, 0.6) is 0 Å². The highest BCUT2D eigenvalue weighted by Gasteiger charge is 2.41. The van der Waals surface area contributed by atoms with Crippen molar-refractivity contribution in [3.05, 3.63) is 54.1 Å². The predicted molar refractivity (Wildman–Crippen MR) is 128 cm³/mol. The van der Waals surface area contributed by atoms with Gasteiger partial charge in [0.15, 0.2) is 9.84 Å². The lowest BCUT2D eigenvalue weighted by atomic mass is 9.80. The maximum Gasteiger partial charge on any atom is 0.405 e. The Balaban J connectivity index is 1.68. The number of carbonyl (C=O) groups excluding carboxylic acids is 1. The molecule has 3 rings (SSSR count). The van der Waals surface area contributed by atoms with Crippen LogP contribution in [0.25, 0.3) is 11.1 Å². The Morgan fingerprint density at radius 2 is 1.59 bits per heavy atom. The number of benzene rings is 2. The van der Waals surface area contributed by atoms with Crippen molar-refractivity contribution in [3.63, 3.8) is 0 Å². The molecule has 0 heterocycles. The van der Waals surface area contributed by atoms with Gasteiger partial charge in [-0.2, -0.15) is 5.26 Å². The van der Waals surface area contributed by atoms with Crippen LogP contribution in [0.1, 0.15) is 44.6 Å². The largest absolute Gasteiger partial charge is 0.465 e. The van der Waals surface area contributed by atoms with E-state index in [2.05, 4.69) is 16.7 Å². The summed E-state index contributed by atoms with van der Waals surface area (Å²) in [4.78, 5) is 24.5. The van der Waals surface area contributed by atoms with Gasteiger partial charge in [-0.05, 0) is 41.7 Å². The third-order valence-electron chi connectivity index (χ3n) is 6.27. The van der Waals surface area contributed by atoms with Crippen LogP contribution < -0.4 is 10.6 Å². The number of hydrogen-bond acceptors (Lipinski definition) is 5. The van der Waals surface area contributed by atoms with Gasteiger partial charge in [-0.15, -0.1) is 0 Å². The zero-order valence-corrected chi connectivity index (χ0v) is 19.9. The third-order valence-corrected chi connectivity index (χ3v) is 8.02. The first kappa shape index (κ1) is 25.2. The molecule has 3 N–H and O–H groups in total. The molecule has 180 valence electrons. The molecule has 2 amide bonds. The highest BCUT2D eigenvalue weighted by Crippen LogP contribution is 2.29. The quantitative estimate of drug-likeness (QED) is 0.524. The second-order valence-corrected chi connectivity index (χ2v) is 10.8. The first-order valence-electron chi connectivity index (χ1n) is 11.3. The number of sulfone groups is 1. The Labute approximate surface area is 199 Å². The van der Waals surface area contributed by atoms with Crippen molar-refractivity contribution >= 4 is 21.8 Å². The van der Waals surface area contributed by atoms with E-state index in [0.29, 0.717) is 12.8 Å². The Hall–Kier alpha value is -3.38. The predicted octanol–water partition coefficient (Wildman–Crippen LogP) is 3.67. The lowest BCUT2D eigenvalue weighted by molar-refractivity contribution is -0.129. The van der Waals surface area contributed by atoms with Gasteiger partial charge in [0.05, 0.1) is 16.7 Å². The van der Waals surface area contributed by atoms with E-state index in [-0.39, 0.29) is 17.1 Å². The van der Waals surface area contributed by atoms with Gasteiger partial charge in [0.1, 0.15) is 11.6 Å². The molecule has 0 bridgehead atoms. The Bertz CT molecular complexity index is 1160. The van der Waals surface area contributed by atoms with E-state index in [9.17, 15) is 28.4 Å². The van der Waals surface area contributed by atoms with E-state index in [4.69, 9.17) is 0 Å². The molecule has 8 nitrogen and oxygen atoms in total. The Kier molecular flexibility index (Phi) is 7.94. The van der Waals surface area contributed by atoms with Crippen molar-refractivity contribution in [2.75, 3.05) is 5.75 Å². The van der Waals surface area contributed by atoms with Crippen LogP contribution in [0.2, 0.25) is 0 Å². The Morgan fingerprint density at radius 3 is 2.09 bits per heavy atom. The summed E-state index contributed by atoms with van der Waals surface area (Å²) in [7, 11) is -3.25. The average molecular weight is 484 g/mol. The zero-order valence-electron chi connectivity index (χ0n) is 19.1. The highest BCUT2D eigenvalue weighted by atomic mass is 32.2. The third kappa shape index (κ3) is 5.94. The second-order valence-electron chi connectivity index (χ2n) is 8.56. The summed E-state index contributed by atoms with van der Waals surface area (Å²) < 4.78 is 24.0. The van der Waals surface area contributed by atoms with Gasteiger partial charge in [0.25, 0.3) is 0 Å². The highest BCUT2D eigenvalue weighted by molar-refractivity contribution is 7.91. The van der Waals surface area contributed by atoms with Gasteiger partial charge >= 0.3 is 6.09 Å². The minimum absolute atomic E-state index is 0.0468. The fraction of sp³-hybridized carbons (Fsp3) is 0.400. The molecule has 9 heteroatoms. The molecule has 1 aliphatic rings. The van der Waals surface area contributed by atoms with Crippen LogP contribution in [-0.4, -0.2) is 42.9 Å². The van der Waals surface area contributed by atoms with Crippen LogP contribution in [0.3, 0.4) is 0 Å². The number of carboxylic acid groups (broad SMARTS) is 1. The van der Waals surface area contributed by atoms with E-state index in [0.717, 1.165) is 36.0 Å². The molecule has 1 unspecified atom stereocenters. The van der Waals surface area contributed by atoms with Crippen molar-refractivity contribution in [2.45, 2.75) is 61.9 Å². The van der Waals surface area contributed by atoms with Crippen molar-refractivity contribution in [2.24, 2.45) is 0 Å². The van der Waals surface area contributed by atoms with Gasteiger partial charge in [-0.25, -0.2) is 13.2 Å². The minimum atomic E-state index is -3.25. The first-order chi connectivity index (χ1) is 16.2. The van der Waals surface area contributed by atoms with Crippen LogP contribution in [0, 0.1) is 11.3 Å². The van der Waals surface area contributed by atoms with Gasteiger partial charge in [-0.3, -0.25) is 4.79 Å². The summed E-state index contributed by atoms with van der Waals surface area (Å²) in [6.07, 6.45) is 2.30. The molecule has 1 saturated carbocycles. The summed E-state index contributed by atoms with van der Waals surface area (Å²) in [5, 5.41) is 23.9. The number of nitriles is 1. The number of carbonyl (C=O) groups is 2. The molecule has 0 saturated heterocycles. The number of hydrogen-bond donors (Lipinski definition) is 3. The summed E-state index contributed by atoms with van der Waals surface area (Å²) in [5.41, 5.74) is 1.41. The zero-order chi connectivity index (χ0) is 24.8. The first-order valence-corrected chi connectivity index (χ1v) is 13.0. The van der Waals surface area contributed by atoms with Crippen molar-refractivity contribution < 1.29 is 23.1 Å². The fourth-order valence-corrected chi connectivity index (χ4v) is 5.17. The van der Waals surface area contributed by atoms with E-state index >= 15 is 0 Å². The SMILES string of the molecule is CCS(=O)(=O)c1ccc(-c2ccc(CC(C#N)NC(=O)C3(NC(=O)O)CCCCC3)cc2)cc1. The van der Waals surface area contributed by atoms with E-state index in [1.54, 1.807) is 31.2 Å². The molecule has 1 atom stereocenters. The Morgan fingerprint density at radius 1 is 1.03 bits per heavy atom. The van der Waals surface area contributed by atoms with Crippen LogP contribution in [0.4, 0.5) is 4.79 Å². The van der Waals surface area contributed by atoms with Gasteiger partial charge in [0.2, 0.25) is 5.91 Å². The molecule has 0 radical (unpaired) electrons. The van der Waals surface area contributed by atoms with Crippen molar-refractivity contribution in [1.82, 2.24) is 10.6 Å². The molecule has 0 aliphatic heterocycles. The van der Waals surface area contributed by atoms with Crippen molar-refractivity contribution in [1.29, 1.82) is 5.26 Å². The van der Waals surface area contributed by atoms with Crippen molar-refractivity contribution in [3.8, 4) is 17.2 Å². The molecule has 1 fully saturated rings. The van der Waals surface area contributed by atoms with Gasteiger partial charge in [-0.1, -0.05) is 62.6 Å². The number of nitrogens with one attached hydrogen (secondary N) is 2. The summed E-state index contributed by atoms with van der Waals surface area (Å²) in [5.74, 6) is -0.412. The smallest absolute Gasteiger partial charge is 0.405 e. The summed E-state index contributed by atoms with van der Waals surface area (Å²) in [6.45, 7) is 1.61. The fourth-order valence-electron chi connectivity index (χ4n) is 4.28. The van der Waals surface area contributed by atoms with Gasteiger partial charge < -0.3 is 15.7 Å². The molecule has 0 spiro atoms. The molecule has 0 aromatic heterocycles. The minimum Gasteiger partial charge on any atom is -0.465 e. The molecular weight excluding hydrogens is 454 g/mol. The molecule has 2 aromatic carbocycles. The lowest BCUT2D eigenvalue weighted by Gasteiger charge is -2.36. The molecule has 1 aliphatic carbocycles. The molecular formula is C25H29N3O5S. The summed E-state index contributed by atoms with van der Waals surface area (Å²) >= 11 is 0. The number of nitrogens with zero attached hydrogens (tertiary/aromatic N) is 1. The second kappa shape index (κ2) is 10.7. The van der Waals surface area contributed by atoms with Crippen LogP contribution in [0.15, 0.2) is 53.4 Å². The standard InChI is InChI=1S/C25H29N3O5S/c1-2-34(32,33)22-12-10-20(11-13-22)19-8-6-18(7-9-19)16-21(17-26)27-23(29)25(28-24(30)31)14-4-3-5-15-25/h6-13,21,28H,2-5,14-16H2,1H3,(H,27,29)(H,30,31). The van der Waals surface area contributed by atoms with Gasteiger partial charge in [0, 0.05) is 6.42 Å². The summed E-state index contributed by atoms with van der Waals surface area (Å²) in [6, 6.07) is 15.5.